The van der Waals surface area contributed by atoms with Crippen LogP contribution in [0.1, 0.15) is 11.1 Å². The maximum absolute atomic E-state index is 13.0. The van der Waals surface area contributed by atoms with Gasteiger partial charge in [0.25, 0.3) is 5.56 Å². The van der Waals surface area contributed by atoms with Crippen molar-refractivity contribution < 1.29 is 9.47 Å². The molecule has 0 atom stereocenters. The first kappa shape index (κ1) is 22.0. The predicted octanol–water partition coefficient (Wildman–Crippen LogP) is 6.00. The molecule has 5 nitrogen and oxygen atoms in total. The van der Waals surface area contributed by atoms with E-state index in [2.05, 4.69) is 4.98 Å². The molecule has 9 heteroatoms. The van der Waals surface area contributed by atoms with Crippen LogP contribution in [0.5, 0.6) is 11.5 Å². The van der Waals surface area contributed by atoms with E-state index in [9.17, 15) is 4.79 Å². The molecule has 0 saturated carbocycles. The van der Waals surface area contributed by atoms with Crippen LogP contribution in [0, 0.1) is 0 Å². The smallest absolute Gasteiger partial charge is 0.274 e. The summed E-state index contributed by atoms with van der Waals surface area (Å²) < 4.78 is 13.6. The zero-order chi connectivity index (χ0) is 23.1. The number of rotatable bonds is 5. The Balaban J connectivity index is 1.50. The van der Waals surface area contributed by atoms with Crippen LogP contribution in [0.4, 0.5) is 0 Å². The van der Waals surface area contributed by atoms with E-state index in [0.717, 1.165) is 16.6 Å². The summed E-state index contributed by atoms with van der Waals surface area (Å²) in [5.41, 5.74) is 3.00. The van der Waals surface area contributed by atoms with E-state index in [-0.39, 0.29) is 12.2 Å². The zero-order valence-corrected chi connectivity index (χ0v) is 20.2. The van der Waals surface area contributed by atoms with E-state index in [1.54, 1.807) is 34.7 Å². The molecule has 0 bridgehead atoms. The minimum Gasteiger partial charge on any atom is -0.493 e. The van der Waals surface area contributed by atoms with Gasteiger partial charge in [0.15, 0.2) is 16.5 Å². The van der Waals surface area contributed by atoms with Crippen molar-refractivity contribution in [2.45, 2.75) is 6.61 Å². The van der Waals surface area contributed by atoms with E-state index in [1.165, 1.54) is 18.4 Å². The van der Waals surface area contributed by atoms with Crippen LogP contribution in [0.3, 0.4) is 0 Å². The molecule has 0 spiro atoms. The van der Waals surface area contributed by atoms with Gasteiger partial charge < -0.3 is 9.47 Å². The molecule has 2 aromatic heterocycles. The molecular weight excluding hydrogens is 503 g/mol. The molecule has 5 rings (SSSR count). The summed E-state index contributed by atoms with van der Waals surface area (Å²) in [6, 6.07) is 16.3. The molecule has 0 saturated heterocycles. The third kappa shape index (κ3) is 4.15. The summed E-state index contributed by atoms with van der Waals surface area (Å²) in [6.45, 7) is 0.232. The lowest BCUT2D eigenvalue weighted by Crippen LogP contribution is -2.22. The second kappa shape index (κ2) is 8.88. The second-order valence-corrected chi connectivity index (χ2v) is 9.44. The quantitative estimate of drug-likeness (QED) is 0.287. The molecule has 0 aliphatic rings. The minimum atomic E-state index is -0.126. The number of benzene rings is 3. The van der Waals surface area contributed by atoms with Crippen molar-refractivity contribution in [3.05, 3.63) is 95.7 Å². The summed E-state index contributed by atoms with van der Waals surface area (Å²) in [4.78, 5) is 18.2. The topological polar surface area (TPSA) is 52.8 Å². The first-order valence-corrected chi connectivity index (χ1v) is 11.8. The maximum atomic E-state index is 13.0. The molecule has 5 aromatic rings. The minimum absolute atomic E-state index is 0.126. The molecule has 0 aliphatic carbocycles. The van der Waals surface area contributed by atoms with Gasteiger partial charge in [0.2, 0.25) is 0 Å². The largest absolute Gasteiger partial charge is 0.493 e. The van der Waals surface area contributed by atoms with Gasteiger partial charge in [-0.3, -0.25) is 4.79 Å². The highest BCUT2D eigenvalue weighted by Gasteiger charge is 2.14. The number of nitrogens with zero attached hydrogens (tertiary/aromatic N) is 2. The summed E-state index contributed by atoms with van der Waals surface area (Å²) in [5, 5.41) is 1.28. The van der Waals surface area contributed by atoms with Crippen LogP contribution in [0.15, 0.2) is 59.4 Å². The summed E-state index contributed by atoms with van der Waals surface area (Å²) in [7, 11) is 1.53. The van der Waals surface area contributed by atoms with Gasteiger partial charge in [-0.15, -0.1) is 0 Å². The molecule has 3 aromatic carbocycles. The molecule has 0 aliphatic heterocycles. The van der Waals surface area contributed by atoms with Gasteiger partial charge in [0, 0.05) is 0 Å². The molecule has 0 fully saturated rings. The number of imidazole rings is 1. The fraction of sp³-hybridized carbons (Fsp3) is 0.0833. The van der Waals surface area contributed by atoms with E-state index in [4.69, 9.17) is 44.3 Å². The van der Waals surface area contributed by atoms with Crippen molar-refractivity contribution >= 4 is 68.2 Å². The third-order valence-electron chi connectivity index (χ3n) is 5.06. The number of thiazole rings is 1. The Bertz CT molecular complexity index is 1630. The van der Waals surface area contributed by atoms with Gasteiger partial charge in [0.05, 0.1) is 37.7 Å². The van der Waals surface area contributed by atoms with Crippen LogP contribution in [0.2, 0.25) is 15.1 Å². The number of halogens is 3. The van der Waals surface area contributed by atoms with Crippen molar-refractivity contribution in [2.24, 2.45) is 0 Å². The molecule has 0 N–H and O–H groups in total. The zero-order valence-electron chi connectivity index (χ0n) is 17.1. The molecule has 166 valence electrons. The average molecular weight is 518 g/mol. The van der Waals surface area contributed by atoms with Crippen molar-refractivity contribution in [1.29, 1.82) is 0 Å². The second-order valence-electron chi connectivity index (χ2n) is 7.21. The van der Waals surface area contributed by atoms with Crippen LogP contribution in [0.25, 0.3) is 22.1 Å². The average Bonchev–Trinajstić information content (AvgIpc) is 3.31. The van der Waals surface area contributed by atoms with Crippen LogP contribution in [-0.2, 0) is 6.61 Å². The van der Waals surface area contributed by atoms with Crippen molar-refractivity contribution in [1.82, 2.24) is 9.38 Å². The Morgan fingerprint density at radius 1 is 1.03 bits per heavy atom. The first-order valence-electron chi connectivity index (χ1n) is 9.80. The number of methoxy groups -OCH3 is 1. The molecular formula is C24H15Cl3N2O3S. The molecule has 0 amide bonds. The number of para-hydroxylation sites is 2. The molecule has 33 heavy (non-hydrogen) atoms. The van der Waals surface area contributed by atoms with Gasteiger partial charge >= 0.3 is 0 Å². The lowest BCUT2D eigenvalue weighted by molar-refractivity contribution is 0.284. The molecule has 0 radical (unpaired) electrons. The predicted molar refractivity (Wildman–Crippen MR) is 134 cm³/mol. The number of ether oxygens (including phenoxy) is 2. The normalized spacial score (nSPS) is 12.1. The Kier molecular flexibility index (Phi) is 5.93. The van der Waals surface area contributed by atoms with Gasteiger partial charge in [-0.25, -0.2) is 9.38 Å². The van der Waals surface area contributed by atoms with Crippen molar-refractivity contribution in [3.8, 4) is 11.5 Å². The Hall–Kier alpha value is -2.77. The number of fused-ring (bicyclic) bond motifs is 3. The van der Waals surface area contributed by atoms with E-state index >= 15 is 0 Å². The van der Waals surface area contributed by atoms with Crippen molar-refractivity contribution in [3.63, 3.8) is 0 Å². The SMILES string of the molecule is COc1cc(C=c2sc3nc4ccccc4n3c2=O)cc(Cl)c1OCc1ccc(Cl)c(Cl)c1. The monoisotopic (exact) mass is 516 g/mol. The van der Waals surface area contributed by atoms with Gasteiger partial charge in [-0.05, 0) is 53.6 Å². The maximum Gasteiger partial charge on any atom is 0.274 e. The lowest BCUT2D eigenvalue weighted by Gasteiger charge is -2.13. The summed E-state index contributed by atoms with van der Waals surface area (Å²) >= 11 is 19.9. The van der Waals surface area contributed by atoms with Gasteiger partial charge in [-0.1, -0.05) is 64.3 Å². The Labute approximate surface area is 207 Å². The van der Waals surface area contributed by atoms with E-state index in [1.807, 2.05) is 30.3 Å². The highest BCUT2D eigenvalue weighted by molar-refractivity contribution is 7.15. The van der Waals surface area contributed by atoms with Crippen molar-refractivity contribution in [2.75, 3.05) is 7.11 Å². The van der Waals surface area contributed by atoms with Crippen LogP contribution < -0.4 is 19.6 Å². The molecule has 2 heterocycles. The summed E-state index contributed by atoms with van der Waals surface area (Å²) in [6.07, 6.45) is 1.77. The number of hydrogen-bond acceptors (Lipinski definition) is 5. The Morgan fingerprint density at radius 3 is 2.64 bits per heavy atom. The Morgan fingerprint density at radius 2 is 1.85 bits per heavy atom. The standard InChI is InChI=1S/C24H15Cl3N2O3S/c1-31-20-10-14(9-17(27)22(20)32-12-13-6-7-15(25)16(26)8-13)11-21-23(30)29-19-5-3-2-4-18(19)28-24(29)33-21/h2-11H,12H2,1H3. The number of hydrogen-bond donors (Lipinski definition) is 0. The van der Waals surface area contributed by atoms with Gasteiger partial charge in [0.1, 0.15) is 6.61 Å². The fourth-order valence-electron chi connectivity index (χ4n) is 3.51. The lowest BCUT2D eigenvalue weighted by atomic mass is 10.2. The van der Waals surface area contributed by atoms with Crippen LogP contribution in [-0.4, -0.2) is 16.5 Å². The fourth-order valence-corrected chi connectivity index (χ4v) is 5.09. The first-order chi connectivity index (χ1) is 15.9. The van der Waals surface area contributed by atoms with Crippen LogP contribution >= 0.6 is 46.1 Å². The third-order valence-corrected chi connectivity index (χ3v) is 7.05. The molecule has 0 unspecified atom stereocenters. The summed E-state index contributed by atoms with van der Waals surface area (Å²) in [5.74, 6) is 0.852. The van der Waals surface area contributed by atoms with Gasteiger partial charge in [-0.2, -0.15) is 0 Å². The van der Waals surface area contributed by atoms with E-state index < -0.39 is 0 Å². The highest BCUT2D eigenvalue weighted by Crippen LogP contribution is 2.37. The van der Waals surface area contributed by atoms with E-state index in [0.29, 0.717) is 41.6 Å². The number of aromatic nitrogens is 2. The highest BCUT2D eigenvalue weighted by atomic mass is 35.5.